The van der Waals surface area contributed by atoms with Crippen LogP contribution in [-0.4, -0.2) is 28.3 Å². The molecule has 2 aromatic carbocycles. The highest BCUT2D eigenvalue weighted by atomic mass is 32.2. The van der Waals surface area contributed by atoms with Crippen molar-refractivity contribution in [2.75, 3.05) is 12.9 Å². The molecular weight excluding hydrogens is 399 g/mol. The maximum absolute atomic E-state index is 14.3. The number of rotatable bonds is 8. The highest BCUT2D eigenvalue weighted by Crippen LogP contribution is 2.48. The molecule has 0 amide bonds. The predicted octanol–water partition coefficient (Wildman–Crippen LogP) is 5.82. The molecule has 0 bridgehead atoms. The molecule has 1 unspecified atom stereocenters. The van der Waals surface area contributed by atoms with E-state index in [2.05, 4.69) is 13.8 Å². The largest absolute Gasteiger partial charge is 0.497 e. The Morgan fingerprint density at radius 3 is 2.30 bits per heavy atom. The van der Waals surface area contributed by atoms with Crippen LogP contribution in [0.2, 0.25) is 0 Å². The van der Waals surface area contributed by atoms with Gasteiger partial charge in [-0.3, -0.25) is 4.21 Å². The highest BCUT2D eigenvalue weighted by molar-refractivity contribution is 7.85. The molecule has 3 atom stereocenters. The van der Waals surface area contributed by atoms with Crippen LogP contribution >= 0.6 is 0 Å². The van der Waals surface area contributed by atoms with E-state index in [4.69, 9.17) is 4.74 Å². The van der Waals surface area contributed by atoms with Gasteiger partial charge in [0.05, 0.1) is 24.0 Å². The Morgan fingerprint density at radius 1 is 1.10 bits per heavy atom. The first-order chi connectivity index (χ1) is 14.5. The minimum absolute atomic E-state index is 0.369. The van der Waals surface area contributed by atoms with E-state index < -0.39 is 28.2 Å². The fraction of sp³-hybridized carbons (Fsp3) is 0.520. The van der Waals surface area contributed by atoms with E-state index >= 15 is 0 Å². The van der Waals surface area contributed by atoms with Crippen LogP contribution in [0, 0.1) is 11.2 Å². The van der Waals surface area contributed by atoms with Crippen LogP contribution in [0.1, 0.15) is 69.4 Å². The summed E-state index contributed by atoms with van der Waals surface area (Å²) in [6, 6.07) is 12.1. The number of aliphatic hydroxyl groups excluding tert-OH is 1. The maximum atomic E-state index is 14.3. The molecule has 1 aliphatic rings. The van der Waals surface area contributed by atoms with Crippen molar-refractivity contribution in [3.05, 3.63) is 59.4 Å². The quantitative estimate of drug-likeness (QED) is 0.572. The van der Waals surface area contributed by atoms with Gasteiger partial charge in [0.15, 0.2) is 0 Å². The zero-order valence-corrected chi connectivity index (χ0v) is 19.0. The van der Waals surface area contributed by atoms with Crippen LogP contribution in [0.4, 0.5) is 4.39 Å². The number of fused-ring (bicyclic) bond motifs is 1. The zero-order chi connectivity index (χ0) is 21.7. The SMILES string of the molecule is CCCCC1(CCCC)CS(=O)c2ccc(F)cc2[C@H](c2ccc(OC)cc2)[C@H]1O. The van der Waals surface area contributed by atoms with Crippen molar-refractivity contribution < 1.29 is 18.4 Å². The molecule has 3 rings (SSSR count). The molecule has 164 valence electrons. The van der Waals surface area contributed by atoms with Crippen molar-refractivity contribution >= 4 is 10.8 Å². The maximum Gasteiger partial charge on any atom is 0.123 e. The van der Waals surface area contributed by atoms with Gasteiger partial charge in [-0.25, -0.2) is 4.39 Å². The summed E-state index contributed by atoms with van der Waals surface area (Å²) in [7, 11) is 0.325. The van der Waals surface area contributed by atoms with Crippen LogP contribution in [-0.2, 0) is 10.8 Å². The molecule has 0 radical (unpaired) electrons. The topological polar surface area (TPSA) is 46.5 Å². The van der Waals surface area contributed by atoms with Crippen molar-refractivity contribution in [1.82, 2.24) is 0 Å². The van der Waals surface area contributed by atoms with E-state index in [1.54, 1.807) is 13.2 Å². The Hall–Kier alpha value is -1.72. The van der Waals surface area contributed by atoms with Gasteiger partial charge >= 0.3 is 0 Å². The average molecular weight is 433 g/mol. The van der Waals surface area contributed by atoms with Gasteiger partial charge in [0.25, 0.3) is 0 Å². The number of methoxy groups -OCH3 is 1. The van der Waals surface area contributed by atoms with Crippen LogP contribution in [0.15, 0.2) is 47.4 Å². The van der Waals surface area contributed by atoms with Crippen molar-refractivity contribution in [3.8, 4) is 5.75 Å². The summed E-state index contributed by atoms with van der Waals surface area (Å²) in [5, 5.41) is 11.9. The third-order valence-corrected chi connectivity index (χ3v) is 8.14. The minimum atomic E-state index is -1.29. The smallest absolute Gasteiger partial charge is 0.123 e. The lowest BCUT2D eigenvalue weighted by molar-refractivity contribution is 0.0130. The first-order valence-electron chi connectivity index (χ1n) is 11.0. The summed E-state index contributed by atoms with van der Waals surface area (Å²) in [6.45, 7) is 4.28. The number of halogens is 1. The Kier molecular flexibility index (Phi) is 7.70. The molecule has 30 heavy (non-hydrogen) atoms. The van der Waals surface area contributed by atoms with Crippen LogP contribution in [0.3, 0.4) is 0 Å². The minimum Gasteiger partial charge on any atom is -0.497 e. The van der Waals surface area contributed by atoms with E-state index in [0.29, 0.717) is 16.2 Å². The molecule has 0 fully saturated rings. The predicted molar refractivity (Wildman–Crippen MR) is 120 cm³/mol. The summed E-state index contributed by atoms with van der Waals surface area (Å²) < 4.78 is 33.0. The van der Waals surface area contributed by atoms with Gasteiger partial charge < -0.3 is 9.84 Å². The lowest BCUT2D eigenvalue weighted by Crippen LogP contribution is -2.42. The normalized spacial score (nSPS) is 22.9. The number of ether oxygens (including phenoxy) is 1. The Morgan fingerprint density at radius 2 is 1.73 bits per heavy atom. The van der Waals surface area contributed by atoms with Crippen molar-refractivity contribution in [3.63, 3.8) is 0 Å². The van der Waals surface area contributed by atoms with Gasteiger partial charge in [0.2, 0.25) is 0 Å². The molecule has 1 heterocycles. The lowest BCUT2D eigenvalue weighted by Gasteiger charge is -2.40. The summed E-state index contributed by atoms with van der Waals surface area (Å²) in [5.74, 6) is 0.348. The number of unbranched alkanes of at least 4 members (excludes halogenated alkanes) is 2. The number of aliphatic hydroxyl groups is 1. The average Bonchev–Trinajstić information content (AvgIpc) is 2.84. The van der Waals surface area contributed by atoms with Crippen LogP contribution in [0.25, 0.3) is 0 Å². The number of benzene rings is 2. The third kappa shape index (κ3) is 4.62. The molecule has 2 aromatic rings. The molecule has 0 aromatic heterocycles. The third-order valence-electron chi connectivity index (χ3n) is 6.45. The van der Waals surface area contributed by atoms with E-state index in [1.807, 2.05) is 24.3 Å². The zero-order valence-electron chi connectivity index (χ0n) is 18.2. The van der Waals surface area contributed by atoms with Crippen LogP contribution in [0.5, 0.6) is 5.75 Å². The monoisotopic (exact) mass is 432 g/mol. The molecule has 1 aliphatic heterocycles. The van der Waals surface area contributed by atoms with Crippen LogP contribution < -0.4 is 4.74 Å². The second kappa shape index (κ2) is 10.1. The number of hydrogen-bond acceptors (Lipinski definition) is 3. The Bertz CT molecular complexity index is 857. The van der Waals surface area contributed by atoms with Gasteiger partial charge in [-0.2, -0.15) is 0 Å². The Balaban J connectivity index is 2.18. The summed E-state index contributed by atoms with van der Waals surface area (Å²) in [6.07, 6.45) is 4.87. The standard InChI is InChI=1S/C25H33FO3S/c1-4-6-14-25(15-7-5-2)17-30(28)22-13-10-19(26)16-21(22)23(24(25)27)18-8-11-20(29-3)12-9-18/h8-13,16,23-24,27H,4-7,14-15,17H2,1-3H3/t23-,24+,30?/m0/s1. The van der Waals surface area contributed by atoms with E-state index in [0.717, 1.165) is 49.8 Å². The summed E-state index contributed by atoms with van der Waals surface area (Å²) in [5.41, 5.74) is 1.07. The van der Waals surface area contributed by atoms with E-state index in [-0.39, 0.29) is 5.82 Å². The Labute approximate surface area is 182 Å². The molecule has 5 heteroatoms. The fourth-order valence-electron chi connectivity index (χ4n) is 4.71. The molecule has 0 spiro atoms. The van der Waals surface area contributed by atoms with Gasteiger partial charge in [-0.15, -0.1) is 0 Å². The highest BCUT2D eigenvalue weighted by Gasteiger charge is 2.47. The van der Waals surface area contributed by atoms with Crippen molar-refractivity contribution in [1.29, 1.82) is 0 Å². The lowest BCUT2D eigenvalue weighted by atomic mass is 9.68. The second-order valence-electron chi connectivity index (χ2n) is 8.44. The van der Waals surface area contributed by atoms with E-state index in [1.165, 1.54) is 12.1 Å². The second-order valence-corrected chi connectivity index (χ2v) is 9.86. The first-order valence-corrected chi connectivity index (χ1v) is 12.3. The molecule has 0 saturated heterocycles. The van der Waals surface area contributed by atoms with Gasteiger partial charge in [-0.1, -0.05) is 51.7 Å². The fourth-order valence-corrected chi connectivity index (χ4v) is 6.52. The first kappa shape index (κ1) is 23.0. The van der Waals surface area contributed by atoms with Crippen molar-refractivity contribution in [2.45, 2.75) is 69.3 Å². The molecular formula is C25H33FO3S. The summed E-state index contributed by atoms with van der Waals surface area (Å²) >= 11 is 0. The van der Waals surface area contributed by atoms with E-state index in [9.17, 15) is 13.7 Å². The van der Waals surface area contributed by atoms with Gasteiger partial charge in [0.1, 0.15) is 11.6 Å². The molecule has 0 saturated carbocycles. The summed E-state index contributed by atoms with van der Waals surface area (Å²) in [4.78, 5) is 0.645. The molecule has 1 N–H and O–H groups in total. The van der Waals surface area contributed by atoms with Gasteiger partial charge in [-0.05, 0) is 54.3 Å². The molecule has 0 aliphatic carbocycles. The van der Waals surface area contributed by atoms with Crippen molar-refractivity contribution in [2.24, 2.45) is 5.41 Å². The number of hydrogen-bond donors (Lipinski definition) is 1. The molecule has 3 nitrogen and oxygen atoms in total. The van der Waals surface area contributed by atoms with Gasteiger partial charge in [0, 0.05) is 22.0 Å².